The number of carbonyl (C=O) groups excluding carboxylic acids is 1. The van der Waals surface area contributed by atoms with Crippen molar-refractivity contribution in [2.45, 2.75) is 46.5 Å². The van der Waals surface area contributed by atoms with Crippen LogP contribution in [-0.2, 0) is 4.79 Å². The van der Waals surface area contributed by atoms with Crippen LogP contribution in [-0.4, -0.2) is 47.0 Å². The van der Waals surface area contributed by atoms with Crippen LogP contribution in [0.4, 0.5) is 11.6 Å². The van der Waals surface area contributed by atoms with Gasteiger partial charge in [0.15, 0.2) is 0 Å². The zero-order chi connectivity index (χ0) is 23.9. The third kappa shape index (κ3) is 5.82. The van der Waals surface area contributed by atoms with E-state index in [2.05, 4.69) is 58.4 Å². The summed E-state index contributed by atoms with van der Waals surface area (Å²) in [5, 5.41) is 8.66. The zero-order valence-electron chi connectivity index (χ0n) is 20.6. The van der Waals surface area contributed by atoms with Crippen molar-refractivity contribution in [2.24, 2.45) is 11.8 Å². The van der Waals surface area contributed by atoms with E-state index in [0.717, 1.165) is 85.5 Å². The quantitative estimate of drug-likeness (QED) is 0.442. The van der Waals surface area contributed by atoms with Gasteiger partial charge in [-0.15, -0.1) is 0 Å². The highest BCUT2D eigenvalue weighted by Gasteiger charge is 2.26. The maximum atomic E-state index is 12.6. The predicted octanol–water partition coefficient (Wildman–Crippen LogP) is 4.89. The van der Waals surface area contributed by atoms with E-state index in [0.29, 0.717) is 5.92 Å². The number of amides is 1. The van der Waals surface area contributed by atoms with Gasteiger partial charge in [0.05, 0.1) is 5.69 Å². The molecule has 1 saturated heterocycles. The van der Waals surface area contributed by atoms with Gasteiger partial charge in [0, 0.05) is 67.0 Å². The molecule has 1 fully saturated rings. The van der Waals surface area contributed by atoms with Gasteiger partial charge in [-0.3, -0.25) is 9.78 Å². The molecule has 0 saturated carbocycles. The lowest BCUT2D eigenvalue weighted by atomic mass is 9.95. The monoisotopic (exact) mass is 460 g/mol. The van der Waals surface area contributed by atoms with Crippen molar-refractivity contribution in [1.29, 1.82) is 0 Å². The van der Waals surface area contributed by atoms with Gasteiger partial charge in [0.2, 0.25) is 5.91 Å². The van der Waals surface area contributed by atoms with Gasteiger partial charge in [-0.25, -0.2) is 9.97 Å². The molecule has 3 aromatic heterocycles. The normalized spacial score (nSPS) is 14.5. The number of rotatable bonds is 9. The Bertz CT molecular complexity index is 1110. The molecular weight excluding hydrogens is 424 g/mol. The average Bonchev–Trinajstić information content (AvgIpc) is 2.87. The van der Waals surface area contributed by atoms with Gasteiger partial charge in [-0.1, -0.05) is 27.2 Å². The first kappa shape index (κ1) is 23.9. The van der Waals surface area contributed by atoms with Crippen LogP contribution in [0.5, 0.6) is 0 Å². The minimum atomic E-state index is 0.0723. The number of aromatic nitrogens is 3. The van der Waals surface area contributed by atoms with Crippen molar-refractivity contribution in [3.05, 3.63) is 42.9 Å². The minimum Gasteiger partial charge on any atom is -0.370 e. The molecule has 0 unspecified atom stereocenters. The number of piperidine rings is 1. The lowest BCUT2D eigenvalue weighted by Gasteiger charge is -2.33. The Morgan fingerprint density at radius 3 is 2.76 bits per heavy atom. The molecule has 7 heteroatoms. The highest BCUT2D eigenvalue weighted by atomic mass is 16.1. The Labute approximate surface area is 202 Å². The molecule has 0 radical (unpaired) electrons. The fourth-order valence-electron chi connectivity index (χ4n) is 4.35. The summed E-state index contributed by atoms with van der Waals surface area (Å²) in [5.41, 5.74) is 1.94. The first-order valence-electron chi connectivity index (χ1n) is 12.5. The number of nitrogens with one attached hydrogen (secondary N) is 2. The van der Waals surface area contributed by atoms with Crippen molar-refractivity contribution in [3.8, 4) is 11.3 Å². The molecular formula is C27H36N6O. The zero-order valence-corrected chi connectivity index (χ0v) is 20.6. The van der Waals surface area contributed by atoms with Gasteiger partial charge >= 0.3 is 0 Å². The maximum absolute atomic E-state index is 12.6. The molecule has 2 N–H and O–H groups in total. The van der Waals surface area contributed by atoms with Gasteiger partial charge in [-0.05, 0) is 49.4 Å². The summed E-state index contributed by atoms with van der Waals surface area (Å²) in [7, 11) is 0. The van der Waals surface area contributed by atoms with E-state index in [1.165, 1.54) is 0 Å². The van der Waals surface area contributed by atoms with Crippen LogP contribution in [0.3, 0.4) is 0 Å². The molecule has 4 rings (SSSR count). The number of nitrogens with zero attached hydrogens (tertiary/aromatic N) is 4. The number of hydrogen-bond acceptors (Lipinski definition) is 6. The molecule has 180 valence electrons. The van der Waals surface area contributed by atoms with E-state index < -0.39 is 0 Å². The van der Waals surface area contributed by atoms with E-state index in [1.54, 1.807) is 0 Å². The van der Waals surface area contributed by atoms with Crippen molar-refractivity contribution in [2.75, 3.05) is 36.4 Å². The first-order chi connectivity index (χ1) is 16.5. The molecule has 34 heavy (non-hydrogen) atoms. The highest BCUT2D eigenvalue weighted by molar-refractivity contribution is 5.94. The van der Waals surface area contributed by atoms with Crippen LogP contribution in [0.2, 0.25) is 0 Å². The van der Waals surface area contributed by atoms with E-state index in [4.69, 9.17) is 4.98 Å². The Kier molecular flexibility index (Phi) is 7.93. The third-order valence-corrected chi connectivity index (χ3v) is 6.35. The first-order valence-corrected chi connectivity index (χ1v) is 12.5. The van der Waals surface area contributed by atoms with Gasteiger partial charge in [0.1, 0.15) is 11.6 Å². The second kappa shape index (κ2) is 11.3. The summed E-state index contributed by atoms with van der Waals surface area (Å²) >= 11 is 0. The van der Waals surface area contributed by atoms with Crippen LogP contribution in [0.25, 0.3) is 22.0 Å². The smallest absolute Gasteiger partial charge is 0.223 e. The van der Waals surface area contributed by atoms with Crippen LogP contribution < -0.4 is 15.5 Å². The predicted molar refractivity (Wildman–Crippen MR) is 139 cm³/mol. The number of fused-ring (bicyclic) bond motifs is 1. The number of carbonyl (C=O) groups is 1. The number of unbranched alkanes of at least 4 members (excludes halogenated alkanes) is 1. The SMILES string of the molecule is CCCCNc1cc(-c2cc3cnccc3c(N3CCC(C(=O)NCC(C)C)CC3)n2)ccn1. The van der Waals surface area contributed by atoms with Crippen LogP contribution in [0.1, 0.15) is 46.5 Å². The van der Waals surface area contributed by atoms with Crippen molar-refractivity contribution in [3.63, 3.8) is 0 Å². The molecule has 0 aromatic carbocycles. The molecule has 3 aromatic rings. The second-order valence-corrected chi connectivity index (χ2v) is 9.54. The highest BCUT2D eigenvalue weighted by Crippen LogP contribution is 2.32. The van der Waals surface area contributed by atoms with Crippen LogP contribution in [0, 0.1) is 11.8 Å². The van der Waals surface area contributed by atoms with Gasteiger partial charge in [0.25, 0.3) is 0 Å². The Hall–Kier alpha value is -3.22. The Morgan fingerprint density at radius 2 is 2.00 bits per heavy atom. The lowest BCUT2D eigenvalue weighted by Crippen LogP contribution is -2.41. The number of pyridine rings is 3. The topological polar surface area (TPSA) is 83.0 Å². The lowest BCUT2D eigenvalue weighted by molar-refractivity contribution is -0.125. The van der Waals surface area contributed by atoms with Crippen LogP contribution >= 0.6 is 0 Å². The van der Waals surface area contributed by atoms with Gasteiger partial charge in [-0.2, -0.15) is 0 Å². The Balaban J connectivity index is 1.56. The van der Waals surface area contributed by atoms with Crippen molar-refractivity contribution in [1.82, 2.24) is 20.3 Å². The molecule has 0 spiro atoms. The number of anilines is 2. The summed E-state index contributed by atoms with van der Waals surface area (Å²) in [6.45, 7) is 9.69. The fourth-order valence-corrected chi connectivity index (χ4v) is 4.35. The summed E-state index contributed by atoms with van der Waals surface area (Å²) in [6, 6.07) is 8.20. The Morgan fingerprint density at radius 1 is 1.18 bits per heavy atom. The fraction of sp³-hybridized carbons (Fsp3) is 0.481. The molecule has 4 heterocycles. The summed E-state index contributed by atoms with van der Waals surface area (Å²) in [4.78, 5) is 28.8. The van der Waals surface area contributed by atoms with E-state index in [9.17, 15) is 4.79 Å². The molecule has 0 atom stereocenters. The maximum Gasteiger partial charge on any atom is 0.223 e. The molecule has 1 aliphatic rings. The number of hydrogen-bond donors (Lipinski definition) is 2. The van der Waals surface area contributed by atoms with E-state index >= 15 is 0 Å². The van der Waals surface area contributed by atoms with E-state index in [-0.39, 0.29) is 11.8 Å². The average molecular weight is 461 g/mol. The van der Waals surface area contributed by atoms with E-state index in [1.807, 2.05) is 30.7 Å². The molecule has 7 nitrogen and oxygen atoms in total. The summed E-state index contributed by atoms with van der Waals surface area (Å²) < 4.78 is 0. The summed E-state index contributed by atoms with van der Waals surface area (Å²) in [6.07, 6.45) is 9.48. The van der Waals surface area contributed by atoms with Crippen LogP contribution in [0.15, 0.2) is 42.9 Å². The van der Waals surface area contributed by atoms with Gasteiger partial charge < -0.3 is 15.5 Å². The molecule has 0 bridgehead atoms. The molecule has 0 aliphatic carbocycles. The minimum absolute atomic E-state index is 0.0723. The standard InChI is InChI=1S/C27H36N6O/c1-4-5-10-29-25-16-21(6-12-30-25)24-15-22-18-28-11-7-23(22)26(32-24)33-13-8-20(9-14-33)27(34)31-17-19(2)3/h6-7,11-12,15-16,18-20H,4-5,8-10,13-14,17H2,1-3H3,(H,29,30)(H,31,34). The van der Waals surface area contributed by atoms with Crippen molar-refractivity contribution < 1.29 is 4.79 Å². The summed E-state index contributed by atoms with van der Waals surface area (Å²) in [5.74, 6) is 2.56. The largest absolute Gasteiger partial charge is 0.370 e. The second-order valence-electron chi connectivity index (χ2n) is 9.54. The molecule has 1 amide bonds. The van der Waals surface area contributed by atoms with Crippen molar-refractivity contribution >= 4 is 28.3 Å². The third-order valence-electron chi connectivity index (χ3n) is 6.35. The molecule has 1 aliphatic heterocycles.